The van der Waals surface area contributed by atoms with Gasteiger partial charge >= 0.3 is 0 Å². The molecule has 1 aromatic heterocycles. The van der Waals surface area contributed by atoms with Gasteiger partial charge in [-0.05, 0) is 43.2 Å². The Morgan fingerprint density at radius 3 is 2.52 bits per heavy atom. The molecule has 1 amide bonds. The molecule has 156 valence electrons. The van der Waals surface area contributed by atoms with Gasteiger partial charge in [0.15, 0.2) is 0 Å². The number of piperidine rings is 1. The third-order valence-corrected chi connectivity index (χ3v) is 5.61. The quantitative estimate of drug-likeness (QED) is 0.637. The Morgan fingerprint density at radius 1 is 1.06 bits per heavy atom. The minimum Gasteiger partial charge on any atom is -0.339 e. The van der Waals surface area contributed by atoms with Crippen molar-refractivity contribution in [1.29, 1.82) is 5.26 Å². The molecule has 6 nitrogen and oxygen atoms in total. The molecule has 0 radical (unpaired) electrons. The summed E-state index contributed by atoms with van der Waals surface area (Å²) in [4.78, 5) is 27.2. The second-order valence-corrected chi connectivity index (χ2v) is 7.57. The number of nitriles is 1. The first-order chi connectivity index (χ1) is 15.1. The minimum absolute atomic E-state index is 0.0725. The van der Waals surface area contributed by atoms with Gasteiger partial charge in [0.1, 0.15) is 17.3 Å². The Bertz CT molecular complexity index is 1160. The van der Waals surface area contributed by atoms with Crippen LogP contribution in [-0.4, -0.2) is 39.5 Å². The summed E-state index contributed by atoms with van der Waals surface area (Å²) in [7, 11) is 0. The minimum atomic E-state index is -0.376. The van der Waals surface area contributed by atoms with E-state index in [-0.39, 0.29) is 29.8 Å². The highest BCUT2D eigenvalue weighted by Crippen LogP contribution is 2.22. The van der Waals surface area contributed by atoms with Crippen LogP contribution in [0.4, 0.5) is 4.39 Å². The number of rotatable bonds is 5. The number of likely N-dealkylation sites (tertiary alicyclic amines) is 1. The van der Waals surface area contributed by atoms with Crippen molar-refractivity contribution in [3.63, 3.8) is 0 Å². The van der Waals surface area contributed by atoms with E-state index in [1.54, 1.807) is 59.6 Å². The number of amides is 1. The monoisotopic (exact) mass is 416 g/mol. The fraction of sp³-hybridized carbons (Fsp3) is 0.250. The molecule has 0 unspecified atom stereocenters. The zero-order valence-electron chi connectivity index (χ0n) is 16.9. The topological polar surface area (TPSA) is 79.0 Å². The van der Waals surface area contributed by atoms with E-state index in [0.717, 1.165) is 0 Å². The summed E-state index contributed by atoms with van der Waals surface area (Å²) >= 11 is 0. The number of ketones is 1. The smallest absolute Gasteiger partial charge is 0.255 e. The van der Waals surface area contributed by atoms with Crippen molar-refractivity contribution in [2.45, 2.75) is 19.3 Å². The Balaban J connectivity index is 1.35. The highest BCUT2D eigenvalue weighted by molar-refractivity contribution is 5.96. The van der Waals surface area contributed by atoms with E-state index in [4.69, 9.17) is 0 Å². The molecule has 2 heterocycles. The zero-order valence-corrected chi connectivity index (χ0v) is 16.9. The molecular formula is C24H21FN4O2. The third-order valence-electron chi connectivity index (χ3n) is 5.61. The third kappa shape index (κ3) is 4.38. The van der Waals surface area contributed by atoms with E-state index >= 15 is 0 Å². The van der Waals surface area contributed by atoms with Crippen molar-refractivity contribution >= 4 is 11.7 Å². The number of hydrogen-bond donors (Lipinski definition) is 0. The molecule has 0 bridgehead atoms. The van der Waals surface area contributed by atoms with Crippen LogP contribution < -0.4 is 0 Å². The van der Waals surface area contributed by atoms with Gasteiger partial charge in [-0.25, -0.2) is 9.07 Å². The highest BCUT2D eigenvalue weighted by Gasteiger charge is 2.28. The Labute approximate surface area is 179 Å². The van der Waals surface area contributed by atoms with Crippen molar-refractivity contribution in [2.75, 3.05) is 13.1 Å². The molecule has 4 rings (SSSR count). The number of nitrogens with zero attached hydrogens (tertiary/aromatic N) is 4. The summed E-state index contributed by atoms with van der Waals surface area (Å²) in [6, 6.07) is 16.9. The molecule has 31 heavy (non-hydrogen) atoms. The first-order valence-corrected chi connectivity index (χ1v) is 10.2. The predicted octanol–water partition coefficient (Wildman–Crippen LogP) is 3.55. The molecule has 0 saturated carbocycles. The molecule has 0 atom stereocenters. The molecule has 3 aromatic rings. The van der Waals surface area contributed by atoms with Gasteiger partial charge in [0.2, 0.25) is 0 Å². The van der Waals surface area contributed by atoms with Crippen LogP contribution in [0.15, 0.2) is 60.8 Å². The van der Waals surface area contributed by atoms with Gasteiger partial charge in [0.25, 0.3) is 5.91 Å². The second kappa shape index (κ2) is 8.92. The summed E-state index contributed by atoms with van der Waals surface area (Å²) in [5.41, 5.74) is 1.69. The lowest BCUT2D eigenvalue weighted by Crippen LogP contribution is -2.40. The summed E-state index contributed by atoms with van der Waals surface area (Å²) in [5.74, 6) is -0.623. The standard InChI is InChI=1S/C24H21FN4O2/c25-21-7-3-4-8-22(21)29-14-11-19(27-29)15-23(30)17-9-12-28(13-10-17)24(31)20-6-2-1-5-18(20)16-26/h1-8,11,14,17H,9-10,12-13,15H2. The zero-order chi connectivity index (χ0) is 21.8. The molecule has 1 saturated heterocycles. The van der Waals surface area contributed by atoms with E-state index in [0.29, 0.717) is 48.4 Å². The number of carbonyl (C=O) groups is 2. The fourth-order valence-corrected chi connectivity index (χ4v) is 3.89. The number of benzene rings is 2. The van der Waals surface area contributed by atoms with Gasteiger partial charge in [-0.15, -0.1) is 0 Å². The van der Waals surface area contributed by atoms with Crippen LogP contribution in [0.1, 0.15) is 34.5 Å². The average molecular weight is 416 g/mol. The van der Waals surface area contributed by atoms with Gasteiger partial charge in [0, 0.05) is 25.2 Å². The number of carbonyl (C=O) groups excluding carboxylic acids is 2. The SMILES string of the molecule is N#Cc1ccccc1C(=O)N1CCC(C(=O)Cc2ccn(-c3ccccc3F)n2)CC1. The molecule has 1 fully saturated rings. The van der Waals surface area contributed by atoms with Crippen LogP contribution in [-0.2, 0) is 11.2 Å². The van der Waals surface area contributed by atoms with Crippen LogP contribution in [0.2, 0.25) is 0 Å². The molecule has 2 aromatic carbocycles. The van der Waals surface area contributed by atoms with Crippen LogP contribution in [0.5, 0.6) is 0 Å². The number of halogens is 1. The largest absolute Gasteiger partial charge is 0.339 e. The van der Waals surface area contributed by atoms with Gasteiger partial charge in [-0.1, -0.05) is 24.3 Å². The number of hydrogen-bond acceptors (Lipinski definition) is 4. The van der Waals surface area contributed by atoms with Crippen molar-refractivity contribution in [3.8, 4) is 11.8 Å². The maximum Gasteiger partial charge on any atom is 0.255 e. The van der Waals surface area contributed by atoms with Crippen LogP contribution in [0.25, 0.3) is 5.69 Å². The Morgan fingerprint density at radius 2 is 1.77 bits per heavy atom. The van der Waals surface area contributed by atoms with Crippen LogP contribution in [0.3, 0.4) is 0 Å². The summed E-state index contributed by atoms with van der Waals surface area (Å²) in [6.07, 6.45) is 2.98. The normalized spacial score (nSPS) is 14.3. The first-order valence-electron chi connectivity index (χ1n) is 10.2. The Kier molecular flexibility index (Phi) is 5.89. The number of Topliss-reactive ketones (excluding diaryl/α,β-unsaturated/α-hetero) is 1. The van der Waals surface area contributed by atoms with Crippen molar-refractivity contribution in [1.82, 2.24) is 14.7 Å². The van der Waals surface area contributed by atoms with Gasteiger partial charge in [-0.2, -0.15) is 10.4 Å². The van der Waals surface area contributed by atoms with E-state index in [1.165, 1.54) is 10.7 Å². The second-order valence-electron chi connectivity index (χ2n) is 7.57. The van der Waals surface area contributed by atoms with Gasteiger partial charge < -0.3 is 4.90 Å². The molecular weight excluding hydrogens is 395 g/mol. The number of aromatic nitrogens is 2. The molecule has 0 spiro atoms. The lowest BCUT2D eigenvalue weighted by atomic mass is 9.90. The Hall–Kier alpha value is -3.79. The molecule has 0 aliphatic carbocycles. The maximum absolute atomic E-state index is 13.9. The van der Waals surface area contributed by atoms with Crippen molar-refractivity contribution in [2.24, 2.45) is 5.92 Å². The van der Waals surface area contributed by atoms with E-state index in [1.807, 2.05) is 0 Å². The van der Waals surface area contributed by atoms with Crippen LogP contribution >= 0.6 is 0 Å². The van der Waals surface area contributed by atoms with Gasteiger partial charge in [-0.3, -0.25) is 9.59 Å². The van der Waals surface area contributed by atoms with E-state index in [9.17, 15) is 19.2 Å². The fourth-order valence-electron chi connectivity index (χ4n) is 3.89. The molecule has 7 heteroatoms. The van der Waals surface area contributed by atoms with E-state index < -0.39 is 0 Å². The van der Waals surface area contributed by atoms with Crippen molar-refractivity contribution < 1.29 is 14.0 Å². The molecule has 1 aliphatic rings. The summed E-state index contributed by atoms with van der Waals surface area (Å²) in [5, 5.41) is 13.6. The lowest BCUT2D eigenvalue weighted by Gasteiger charge is -2.31. The maximum atomic E-state index is 13.9. The number of para-hydroxylation sites is 1. The molecule has 1 aliphatic heterocycles. The first kappa shape index (κ1) is 20.5. The average Bonchev–Trinajstić information content (AvgIpc) is 3.27. The highest BCUT2D eigenvalue weighted by atomic mass is 19.1. The van der Waals surface area contributed by atoms with Crippen LogP contribution in [0, 0.1) is 23.1 Å². The predicted molar refractivity (Wildman–Crippen MR) is 112 cm³/mol. The lowest BCUT2D eigenvalue weighted by molar-refractivity contribution is -0.123. The van der Waals surface area contributed by atoms with Gasteiger partial charge in [0.05, 0.1) is 29.3 Å². The summed E-state index contributed by atoms with van der Waals surface area (Å²) < 4.78 is 15.4. The summed E-state index contributed by atoms with van der Waals surface area (Å²) in [6.45, 7) is 0.942. The van der Waals surface area contributed by atoms with Crippen molar-refractivity contribution in [3.05, 3.63) is 83.4 Å². The molecule has 0 N–H and O–H groups in total. The van der Waals surface area contributed by atoms with E-state index in [2.05, 4.69) is 11.2 Å².